The van der Waals surface area contributed by atoms with E-state index in [0.717, 1.165) is 25.7 Å². The zero-order valence-corrected chi connectivity index (χ0v) is 7.73. The summed E-state index contributed by atoms with van der Waals surface area (Å²) < 4.78 is 39.2. The topological polar surface area (TPSA) is 9.23 Å². The Balaban J connectivity index is 3.21. The lowest BCUT2D eigenvalue weighted by Crippen LogP contribution is -2.01. The fourth-order valence-electron chi connectivity index (χ4n) is 0.805. The normalized spacial score (nSPS) is 12.3. The third-order valence-corrected chi connectivity index (χ3v) is 1.47. The molecule has 1 nitrogen and oxygen atoms in total. The molecule has 0 heterocycles. The number of allylic oxidation sites excluding steroid dienone is 1. The first-order valence-corrected chi connectivity index (χ1v) is 4.42. The molecule has 0 saturated carbocycles. The van der Waals surface area contributed by atoms with E-state index in [0.29, 0.717) is 12.9 Å². The molecule has 0 radical (unpaired) electrons. The van der Waals surface area contributed by atoms with Crippen molar-refractivity contribution >= 4 is 0 Å². The molecule has 13 heavy (non-hydrogen) atoms. The van der Waals surface area contributed by atoms with Crippen LogP contribution in [0.4, 0.5) is 13.2 Å². The van der Waals surface area contributed by atoms with Crippen LogP contribution in [0.3, 0.4) is 0 Å². The average molecular weight is 196 g/mol. The van der Waals surface area contributed by atoms with Gasteiger partial charge >= 0.3 is 6.18 Å². The molecule has 0 bridgehead atoms. The molecule has 0 aliphatic carbocycles. The van der Waals surface area contributed by atoms with Crippen molar-refractivity contribution in [3.05, 3.63) is 12.3 Å². The van der Waals surface area contributed by atoms with E-state index in [1.165, 1.54) is 0 Å². The molecule has 0 aliphatic rings. The number of halogens is 3. The fourth-order valence-corrected chi connectivity index (χ4v) is 0.805. The number of hydrogen-bond donors (Lipinski definition) is 0. The van der Waals surface area contributed by atoms with E-state index in [4.69, 9.17) is 0 Å². The van der Waals surface area contributed by atoms with Crippen molar-refractivity contribution in [2.45, 2.75) is 38.8 Å². The van der Waals surface area contributed by atoms with Crippen LogP contribution in [0.1, 0.15) is 32.6 Å². The van der Waals surface area contributed by atoms with Gasteiger partial charge in [-0.15, -0.1) is 0 Å². The average Bonchev–Trinajstić information content (AvgIpc) is 2.01. The Kier molecular flexibility index (Phi) is 6.45. The molecule has 0 spiro atoms. The SMILES string of the molecule is CCCCCCOC=CC(F)(F)F. The summed E-state index contributed by atoms with van der Waals surface area (Å²) >= 11 is 0. The van der Waals surface area contributed by atoms with Crippen molar-refractivity contribution in [2.75, 3.05) is 6.61 Å². The van der Waals surface area contributed by atoms with Gasteiger partial charge in [0.1, 0.15) is 0 Å². The molecule has 0 saturated heterocycles. The summed E-state index contributed by atoms with van der Waals surface area (Å²) in [5, 5.41) is 0. The van der Waals surface area contributed by atoms with Crippen LogP contribution in [0, 0.1) is 0 Å². The Morgan fingerprint density at radius 3 is 2.38 bits per heavy atom. The molecule has 78 valence electrons. The second kappa shape index (κ2) is 6.80. The van der Waals surface area contributed by atoms with Gasteiger partial charge in [-0.1, -0.05) is 26.2 Å². The number of rotatable bonds is 6. The molecule has 0 aliphatic heterocycles. The van der Waals surface area contributed by atoms with Gasteiger partial charge in [0.05, 0.1) is 18.9 Å². The smallest absolute Gasteiger partial charge is 0.412 e. The summed E-state index contributed by atoms with van der Waals surface area (Å²) in [6.07, 6.45) is 0.597. The monoisotopic (exact) mass is 196 g/mol. The van der Waals surface area contributed by atoms with Crippen LogP contribution in [-0.4, -0.2) is 12.8 Å². The Hall–Kier alpha value is -0.670. The first-order valence-electron chi connectivity index (χ1n) is 4.42. The number of ether oxygens (including phenoxy) is 1. The largest absolute Gasteiger partial charge is 0.501 e. The van der Waals surface area contributed by atoms with Gasteiger partial charge in [0.25, 0.3) is 0 Å². The van der Waals surface area contributed by atoms with Gasteiger partial charge < -0.3 is 4.74 Å². The highest BCUT2D eigenvalue weighted by molar-refractivity contribution is 4.82. The van der Waals surface area contributed by atoms with E-state index >= 15 is 0 Å². The third kappa shape index (κ3) is 11.3. The highest BCUT2D eigenvalue weighted by atomic mass is 19.4. The van der Waals surface area contributed by atoms with Gasteiger partial charge in [-0.05, 0) is 6.42 Å². The maximum absolute atomic E-state index is 11.5. The van der Waals surface area contributed by atoms with Crippen LogP contribution >= 0.6 is 0 Å². The molecule has 4 heteroatoms. The predicted octanol–water partition coefficient (Wildman–Crippen LogP) is 3.66. The first kappa shape index (κ1) is 12.3. The van der Waals surface area contributed by atoms with E-state index in [1.807, 2.05) is 0 Å². The second-order valence-electron chi connectivity index (χ2n) is 2.78. The summed E-state index contributed by atoms with van der Waals surface area (Å²) in [5.41, 5.74) is 0. The van der Waals surface area contributed by atoms with Crippen molar-refractivity contribution in [1.82, 2.24) is 0 Å². The number of alkyl halides is 3. The lowest BCUT2D eigenvalue weighted by Gasteiger charge is -2.01. The summed E-state index contributed by atoms with van der Waals surface area (Å²) in [4.78, 5) is 0. The quantitative estimate of drug-likeness (QED) is 0.465. The van der Waals surface area contributed by atoms with Crippen molar-refractivity contribution in [3.63, 3.8) is 0 Å². The van der Waals surface area contributed by atoms with Crippen molar-refractivity contribution < 1.29 is 17.9 Å². The molecule has 0 aromatic rings. The Bertz CT molecular complexity index is 140. The van der Waals surface area contributed by atoms with Gasteiger partial charge in [-0.2, -0.15) is 13.2 Å². The molecule has 0 aromatic carbocycles. The Labute approximate surface area is 76.6 Å². The van der Waals surface area contributed by atoms with Gasteiger partial charge in [0, 0.05) is 0 Å². The molecule has 0 amide bonds. The van der Waals surface area contributed by atoms with Gasteiger partial charge in [-0.25, -0.2) is 0 Å². The zero-order chi connectivity index (χ0) is 10.2. The molecule has 0 aromatic heterocycles. The lowest BCUT2D eigenvalue weighted by molar-refractivity contribution is -0.0816. The molecule has 0 fully saturated rings. The molecule has 0 atom stereocenters. The van der Waals surface area contributed by atoms with E-state index in [-0.39, 0.29) is 6.08 Å². The molecule has 0 N–H and O–H groups in total. The number of unbranched alkanes of at least 4 members (excludes halogenated alkanes) is 3. The standard InChI is InChI=1S/C9H15F3O/c1-2-3-4-5-7-13-8-6-9(10,11)12/h6,8H,2-5,7H2,1H3. The molecule has 0 unspecified atom stereocenters. The van der Waals surface area contributed by atoms with Gasteiger partial charge in [-0.3, -0.25) is 0 Å². The maximum atomic E-state index is 11.5. The van der Waals surface area contributed by atoms with Crippen molar-refractivity contribution in [2.24, 2.45) is 0 Å². The maximum Gasteiger partial charge on any atom is 0.412 e. The number of hydrogen-bond acceptors (Lipinski definition) is 1. The Morgan fingerprint density at radius 1 is 1.15 bits per heavy atom. The minimum atomic E-state index is -4.26. The van der Waals surface area contributed by atoms with E-state index in [9.17, 15) is 13.2 Å². The highest BCUT2D eigenvalue weighted by Crippen LogP contribution is 2.15. The van der Waals surface area contributed by atoms with Crippen LogP contribution < -0.4 is 0 Å². The predicted molar refractivity (Wildman–Crippen MR) is 45.3 cm³/mol. The van der Waals surface area contributed by atoms with E-state index in [1.54, 1.807) is 0 Å². The van der Waals surface area contributed by atoms with Crippen LogP contribution in [0.25, 0.3) is 0 Å². The summed E-state index contributed by atoms with van der Waals surface area (Å²) in [6.45, 7) is 2.44. The molecule has 0 rings (SSSR count). The first-order chi connectivity index (χ1) is 6.06. The van der Waals surface area contributed by atoms with Crippen molar-refractivity contribution in [3.8, 4) is 0 Å². The summed E-state index contributed by atoms with van der Waals surface area (Å²) in [7, 11) is 0. The molecular weight excluding hydrogens is 181 g/mol. The Morgan fingerprint density at radius 2 is 1.85 bits per heavy atom. The summed E-state index contributed by atoms with van der Waals surface area (Å²) in [5.74, 6) is 0. The third-order valence-electron chi connectivity index (χ3n) is 1.47. The zero-order valence-electron chi connectivity index (χ0n) is 7.73. The van der Waals surface area contributed by atoms with Gasteiger partial charge in [0.15, 0.2) is 0 Å². The van der Waals surface area contributed by atoms with Gasteiger partial charge in [0.2, 0.25) is 0 Å². The van der Waals surface area contributed by atoms with E-state index < -0.39 is 6.18 Å². The minimum Gasteiger partial charge on any atom is -0.501 e. The van der Waals surface area contributed by atoms with Crippen LogP contribution in [0.5, 0.6) is 0 Å². The minimum absolute atomic E-state index is 0.104. The van der Waals surface area contributed by atoms with Crippen LogP contribution in [-0.2, 0) is 4.74 Å². The summed E-state index contributed by atoms with van der Waals surface area (Å²) in [6, 6.07) is 0. The second-order valence-corrected chi connectivity index (χ2v) is 2.78. The van der Waals surface area contributed by atoms with Crippen molar-refractivity contribution in [1.29, 1.82) is 0 Å². The van der Waals surface area contributed by atoms with Crippen LogP contribution in [0.2, 0.25) is 0 Å². The molecular formula is C9H15F3O. The lowest BCUT2D eigenvalue weighted by atomic mass is 10.2. The van der Waals surface area contributed by atoms with E-state index in [2.05, 4.69) is 11.7 Å². The fraction of sp³-hybridized carbons (Fsp3) is 0.778. The highest BCUT2D eigenvalue weighted by Gasteiger charge is 2.22. The van der Waals surface area contributed by atoms with Crippen LogP contribution in [0.15, 0.2) is 12.3 Å².